The van der Waals surface area contributed by atoms with Crippen molar-refractivity contribution in [2.45, 2.75) is 25.3 Å². The molecule has 0 aromatic heterocycles. The number of ether oxygens (including phenoxy) is 1. The van der Waals surface area contributed by atoms with Gasteiger partial charge in [-0.25, -0.2) is 0 Å². The van der Waals surface area contributed by atoms with Gasteiger partial charge >= 0.3 is 0 Å². The van der Waals surface area contributed by atoms with Gasteiger partial charge in [-0.15, -0.1) is 0 Å². The topological polar surface area (TPSA) is 65.6 Å². The third-order valence-electron chi connectivity index (χ3n) is 5.14. The molecule has 2 aliphatic rings. The van der Waals surface area contributed by atoms with E-state index in [0.29, 0.717) is 5.92 Å². The Labute approximate surface area is 144 Å². The minimum absolute atomic E-state index is 0.614. The highest BCUT2D eigenvalue weighted by Crippen LogP contribution is 2.29. The normalized spacial score (nSPS) is 21.0. The van der Waals surface area contributed by atoms with E-state index < -0.39 is 0 Å². The third kappa shape index (κ3) is 4.16. The van der Waals surface area contributed by atoms with Crippen LogP contribution in [-0.2, 0) is 11.3 Å². The number of rotatable bonds is 5. The van der Waals surface area contributed by atoms with Gasteiger partial charge in [0.1, 0.15) is 0 Å². The fourth-order valence-electron chi connectivity index (χ4n) is 3.63. The van der Waals surface area contributed by atoms with Crippen molar-refractivity contribution in [3.8, 4) is 0 Å². The zero-order chi connectivity index (χ0) is 16.8. The second-order valence-electron chi connectivity index (χ2n) is 6.63. The number of hydrogen-bond acceptors (Lipinski definition) is 5. The van der Waals surface area contributed by atoms with Gasteiger partial charge in [-0.1, -0.05) is 24.3 Å². The van der Waals surface area contributed by atoms with Gasteiger partial charge in [-0.3, -0.25) is 4.90 Å². The molecule has 0 atom stereocenters. The van der Waals surface area contributed by atoms with Crippen LogP contribution in [0.1, 0.15) is 29.9 Å². The van der Waals surface area contributed by atoms with Gasteiger partial charge in [0.05, 0.1) is 18.9 Å². The molecule has 0 unspecified atom stereocenters. The zero-order valence-corrected chi connectivity index (χ0v) is 14.3. The number of benzene rings is 1. The van der Waals surface area contributed by atoms with E-state index in [0.717, 1.165) is 64.5 Å². The summed E-state index contributed by atoms with van der Waals surface area (Å²) in [6.07, 6.45) is 5.12. The quantitative estimate of drug-likeness (QED) is 0.813. The Kier molecular flexibility index (Phi) is 5.88. The molecular weight excluding hydrogens is 300 g/mol. The average molecular weight is 328 g/mol. The summed E-state index contributed by atoms with van der Waals surface area (Å²) < 4.78 is 5.41. The Balaban J connectivity index is 1.53. The van der Waals surface area contributed by atoms with Gasteiger partial charge < -0.3 is 20.8 Å². The second kappa shape index (κ2) is 8.31. The van der Waals surface area contributed by atoms with Gasteiger partial charge in [-0.05, 0) is 29.9 Å². The molecule has 5 nitrogen and oxygen atoms in total. The van der Waals surface area contributed by atoms with Crippen molar-refractivity contribution >= 4 is 6.21 Å². The highest BCUT2D eigenvalue weighted by atomic mass is 16.5. The van der Waals surface area contributed by atoms with Crippen molar-refractivity contribution in [3.63, 3.8) is 0 Å². The summed E-state index contributed by atoms with van der Waals surface area (Å²) in [4.78, 5) is 4.66. The van der Waals surface area contributed by atoms with Crippen LogP contribution in [0.4, 0.5) is 0 Å². The Morgan fingerprint density at radius 3 is 2.38 bits per heavy atom. The van der Waals surface area contributed by atoms with Crippen molar-refractivity contribution in [1.29, 1.82) is 5.41 Å². The first kappa shape index (κ1) is 17.0. The number of piperidine rings is 1. The maximum atomic E-state index is 7.41. The molecule has 2 saturated heterocycles. The predicted octanol–water partition coefficient (Wildman–Crippen LogP) is 2.15. The van der Waals surface area contributed by atoms with Gasteiger partial charge in [-0.2, -0.15) is 0 Å². The highest BCUT2D eigenvalue weighted by molar-refractivity contribution is 5.74. The van der Waals surface area contributed by atoms with Crippen LogP contribution in [0.2, 0.25) is 0 Å². The maximum absolute atomic E-state index is 7.41. The van der Waals surface area contributed by atoms with E-state index in [1.807, 2.05) is 0 Å². The largest absolute Gasteiger partial charge is 0.403 e. The van der Waals surface area contributed by atoms with E-state index in [-0.39, 0.29) is 0 Å². The Hall–Kier alpha value is -1.85. The molecule has 1 aromatic rings. The summed E-state index contributed by atoms with van der Waals surface area (Å²) in [5.41, 5.74) is 9.24. The lowest BCUT2D eigenvalue weighted by atomic mass is 9.89. The first-order valence-electron chi connectivity index (χ1n) is 8.86. The molecule has 24 heavy (non-hydrogen) atoms. The molecule has 3 rings (SSSR count). The standard InChI is InChI=1S/C19H28N4O/c20-13-19(14-21)23-7-5-18(6-8-23)17-3-1-16(2-4-17)15-22-9-11-24-12-10-22/h1-4,13-14,18,20H,5-12,15,21H2/b19-14+,20-13?. The van der Waals surface area contributed by atoms with E-state index in [1.54, 1.807) is 0 Å². The van der Waals surface area contributed by atoms with E-state index in [1.165, 1.54) is 23.5 Å². The van der Waals surface area contributed by atoms with E-state index in [9.17, 15) is 0 Å². The molecule has 0 aliphatic carbocycles. The van der Waals surface area contributed by atoms with Gasteiger partial charge in [0.2, 0.25) is 0 Å². The first-order valence-corrected chi connectivity index (χ1v) is 8.86. The van der Waals surface area contributed by atoms with Crippen LogP contribution in [0, 0.1) is 5.41 Å². The number of allylic oxidation sites excluding steroid dienone is 1. The summed E-state index contributed by atoms with van der Waals surface area (Å²) >= 11 is 0. The smallest absolute Gasteiger partial charge is 0.0702 e. The molecule has 2 heterocycles. The molecule has 2 aliphatic heterocycles. The second-order valence-corrected chi connectivity index (χ2v) is 6.63. The van der Waals surface area contributed by atoms with Crippen molar-refractivity contribution in [3.05, 3.63) is 47.3 Å². The van der Waals surface area contributed by atoms with Crippen molar-refractivity contribution in [2.24, 2.45) is 5.73 Å². The molecule has 0 bridgehead atoms. The Bertz CT molecular complexity index is 555. The maximum Gasteiger partial charge on any atom is 0.0702 e. The van der Waals surface area contributed by atoms with Crippen LogP contribution in [0.15, 0.2) is 36.2 Å². The Morgan fingerprint density at radius 2 is 1.79 bits per heavy atom. The zero-order valence-electron chi connectivity index (χ0n) is 14.3. The van der Waals surface area contributed by atoms with E-state index in [2.05, 4.69) is 34.1 Å². The van der Waals surface area contributed by atoms with Crippen LogP contribution >= 0.6 is 0 Å². The molecule has 2 fully saturated rings. The molecule has 3 N–H and O–H groups in total. The number of nitrogens with zero attached hydrogens (tertiary/aromatic N) is 2. The molecule has 5 heteroatoms. The fraction of sp³-hybridized carbons (Fsp3) is 0.526. The predicted molar refractivity (Wildman–Crippen MR) is 97.1 cm³/mol. The summed E-state index contributed by atoms with van der Waals surface area (Å²) in [6, 6.07) is 9.15. The minimum atomic E-state index is 0.614. The van der Waals surface area contributed by atoms with Crippen molar-refractivity contribution in [2.75, 3.05) is 39.4 Å². The van der Waals surface area contributed by atoms with E-state index >= 15 is 0 Å². The number of likely N-dealkylation sites (tertiary alicyclic amines) is 1. The number of hydrogen-bond donors (Lipinski definition) is 2. The number of nitrogens with one attached hydrogen (secondary N) is 1. The molecular formula is C19H28N4O. The summed E-state index contributed by atoms with van der Waals surface area (Å²) in [5, 5.41) is 7.41. The molecule has 0 saturated carbocycles. The molecule has 130 valence electrons. The average Bonchev–Trinajstić information content (AvgIpc) is 2.65. The number of nitrogens with two attached hydrogens (primary N) is 1. The first-order chi connectivity index (χ1) is 11.8. The van der Waals surface area contributed by atoms with Crippen LogP contribution in [0.3, 0.4) is 0 Å². The van der Waals surface area contributed by atoms with Crippen molar-refractivity contribution in [1.82, 2.24) is 9.80 Å². The van der Waals surface area contributed by atoms with Gasteiger partial charge in [0.15, 0.2) is 0 Å². The Morgan fingerprint density at radius 1 is 1.12 bits per heavy atom. The lowest BCUT2D eigenvalue weighted by molar-refractivity contribution is 0.0342. The lowest BCUT2D eigenvalue weighted by Crippen LogP contribution is -2.35. The number of morpholine rings is 1. The van der Waals surface area contributed by atoms with Crippen LogP contribution in [-0.4, -0.2) is 55.4 Å². The SMILES string of the molecule is N=C/C(=C\N)N1CCC(c2ccc(CN3CCOCC3)cc2)CC1. The van der Waals surface area contributed by atoms with Gasteiger partial charge in [0.25, 0.3) is 0 Å². The third-order valence-corrected chi connectivity index (χ3v) is 5.14. The molecule has 0 spiro atoms. The van der Waals surface area contributed by atoms with Crippen LogP contribution in [0.25, 0.3) is 0 Å². The summed E-state index contributed by atoms with van der Waals surface area (Å²) in [5.74, 6) is 0.614. The van der Waals surface area contributed by atoms with Crippen LogP contribution in [0.5, 0.6) is 0 Å². The van der Waals surface area contributed by atoms with Crippen molar-refractivity contribution < 1.29 is 4.74 Å². The highest BCUT2D eigenvalue weighted by Gasteiger charge is 2.21. The van der Waals surface area contributed by atoms with Gasteiger partial charge in [0, 0.05) is 45.1 Å². The summed E-state index contributed by atoms with van der Waals surface area (Å²) in [6.45, 7) is 6.73. The van der Waals surface area contributed by atoms with E-state index in [4.69, 9.17) is 15.9 Å². The molecule has 1 aromatic carbocycles. The molecule has 0 amide bonds. The fourth-order valence-corrected chi connectivity index (χ4v) is 3.63. The molecule has 0 radical (unpaired) electrons. The summed E-state index contributed by atoms with van der Waals surface area (Å²) in [7, 11) is 0. The monoisotopic (exact) mass is 328 g/mol. The lowest BCUT2D eigenvalue weighted by Gasteiger charge is -2.34. The minimum Gasteiger partial charge on any atom is -0.403 e. The van der Waals surface area contributed by atoms with Crippen LogP contribution < -0.4 is 5.73 Å².